The normalized spacial score (nSPS) is 25.0. The van der Waals surface area contributed by atoms with Crippen molar-refractivity contribution in [2.75, 3.05) is 13.1 Å². The van der Waals surface area contributed by atoms with E-state index < -0.39 is 0 Å². The van der Waals surface area contributed by atoms with Crippen molar-refractivity contribution in [2.45, 2.75) is 25.2 Å². The van der Waals surface area contributed by atoms with Crippen LogP contribution in [0.25, 0.3) is 11.4 Å². The van der Waals surface area contributed by atoms with Gasteiger partial charge in [0.15, 0.2) is 0 Å². The molecular formula is C12H15N3O2. The monoisotopic (exact) mass is 233 g/mol. The highest BCUT2D eigenvalue weighted by Crippen LogP contribution is 2.30. The number of hydrogen-bond donors (Lipinski definition) is 1. The molecule has 1 N–H and O–H groups in total. The van der Waals surface area contributed by atoms with Crippen LogP contribution in [-0.2, 0) is 5.41 Å². The molecule has 0 radical (unpaired) electrons. The zero-order valence-electron chi connectivity index (χ0n) is 9.77. The Morgan fingerprint density at radius 1 is 1.47 bits per heavy atom. The molecule has 5 nitrogen and oxygen atoms in total. The summed E-state index contributed by atoms with van der Waals surface area (Å²) in [7, 11) is 0. The highest BCUT2D eigenvalue weighted by Gasteiger charge is 2.34. The second-order valence-electron chi connectivity index (χ2n) is 4.78. The SMILES string of the molecule is CC1(c2nc(-c3ccoc3)no2)CCCNC1. The summed E-state index contributed by atoms with van der Waals surface area (Å²) < 4.78 is 10.4. The molecule has 1 aliphatic heterocycles. The molecular weight excluding hydrogens is 218 g/mol. The number of furan rings is 1. The van der Waals surface area contributed by atoms with E-state index in [1.165, 1.54) is 0 Å². The Balaban J connectivity index is 1.89. The van der Waals surface area contributed by atoms with Crippen LogP contribution in [0.5, 0.6) is 0 Å². The molecule has 2 aromatic heterocycles. The van der Waals surface area contributed by atoms with E-state index in [1.54, 1.807) is 12.5 Å². The lowest BCUT2D eigenvalue weighted by Gasteiger charge is -2.30. The van der Waals surface area contributed by atoms with Crippen molar-refractivity contribution in [3.63, 3.8) is 0 Å². The minimum Gasteiger partial charge on any atom is -0.472 e. The Morgan fingerprint density at radius 3 is 3.12 bits per heavy atom. The van der Waals surface area contributed by atoms with Crippen LogP contribution in [0.1, 0.15) is 25.7 Å². The van der Waals surface area contributed by atoms with Crippen molar-refractivity contribution in [3.05, 3.63) is 24.5 Å². The Bertz CT molecular complexity index is 484. The largest absolute Gasteiger partial charge is 0.472 e. The van der Waals surface area contributed by atoms with Gasteiger partial charge in [-0.3, -0.25) is 0 Å². The Labute approximate surface area is 99.2 Å². The molecule has 1 saturated heterocycles. The van der Waals surface area contributed by atoms with E-state index in [1.807, 2.05) is 6.07 Å². The van der Waals surface area contributed by atoms with Gasteiger partial charge >= 0.3 is 0 Å². The van der Waals surface area contributed by atoms with Gasteiger partial charge in [0, 0.05) is 6.54 Å². The first-order valence-corrected chi connectivity index (χ1v) is 5.85. The summed E-state index contributed by atoms with van der Waals surface area (Å²) in [5.41, 5.74) is 0.806. The average Bonchev–Trinajstić information content (AvgIpc) is 3.01. The average molecular weight is 233 g/mol. The Hall–Kier alpha value is -1.62. The molecule has 0 bridgehead atoms. The maximum atomic E-state index is 5.39. The van der Waals surface area contributed by atoms with Crippen LogP contribution in [0.4, 0.5) is 0 Å². The van der Waals surface area contributed by atoms with E-state index in [0.29, 0.717) is 11.7 Å². The number of aromatic nitrogens is 2. The van der Waals surface area contributed by atoms with Crippen molar-refractivity contribution >= 4 is 0 Å². The molecule has 3 heterocycles. The highest BCUT2D eigenvalue weighted by atomic mass is 16.5. The van der Waals surface area contributed by atoms with Gasteiger partial charge in [0.25, 0.3) is 0 Å². The van der Waals surface area contributed by atoms with Crippen molar-refractivity contribution in [1.82, 2.24) is 15.5 Å². The van der Waals surface area contributed by atoms with Crippen LogP contribution >= 0.6 is 0 Å². The Kier molecular flexibility index (Phi) is 2.48. The number of rotatable bonds is 2. The first-order chi connectivity index (χ1) is 8.28. The number of piperidine rings is 1. The molecule has 5 heteroatoms. The lowest BCUT2D eigenvalue weighted by atomic mass is 9.83. The third-order valence-corrected chi connectivity index (χ3v) is 3.32. The quantitative estimate of drug-likeness (QED) is 0.859. The molecule has 0 aliphatic carbocycles. The summed E-state index contributed by atoms with van der Waals surface area (Å²) in [6.45, 7) is 4.12. The summed E-state index contributed by atoms with van der Waals surface area (Å²) in [6.07, 6.45) is 5.44. The van der Waals surface area contributed by atoms with Crippen LogP contribution in [0.2, 0.25) is 0 Å². The van der Waals surface area contributed by atoms with Gasteiger partial charge in [-0.05, 0) is 32.4 Å². The topological polar surface area (TPSA) is 64.1 Å². The number of nitrogens with zero attached hydrogens (tertiary/aromatic N) is 2. The Morgan fingerprint density at radius 2 is 2.41 bits per heavy atom. The second-order valence-corrected chi connectivity index (χ2v) is 4.78. The van der Waals surface area contributed by atoms with Gasteiger partial charge in [0.2, 0.25) is 11.7 Å². The zero-order valence-corrected chi connectivity index (χ0v) is 9.77. The fourth-order valence-electron chi connectivity index (χ4n) is 2.22. The second kappa shape index (κ2) is 4.00. The van der Waals surface area contributed by atoms with E-state index in [-0.39, 0.29) is 5.41 Å². The van der Waals surface area contributed by atoms with E-state index in [2.05, 4.69) is 22.4 Å². The lowest BCUT2D eigenvalue weighted by molar-refractivity contribution is 0.245. The fourth-order valence-corrected chi connectivity index (χ4v) is 2.22. The van der Waals surface area contributed by atoms with Gasteiger partial charge in [0.1, 0.15) is 6.26 Å². The first kappa shape index (κ1) is 10.5. The molecule has 1 atom stereocenters. The standard InChI is InChI=1S/C12H15N3O2/c1-12(4-2-5-13-8-12)11-14-10(15-17-11)9-3-6-16-7-9/h3,6-7,13H,2,4-5,8H2,1H3. The maximum absolute atomic E-state index is 5.39. The van der Waals surface area contributed by atoms with E-state index in [9.17, 15) is 0 Å². The molecule has 0 aromatic carbocycles. The minimum absolute atomic E-state index is 0.0484. The molecule has 0 saturated carbocycles. The van der Waals surface area contributed by atoms with E-state index in [0.717, 1.165) is 31.5 Å². The van der Waals surface area contributed by atoms with Crippen molar-refractivity contribution in [2.24, 2.45) is 0 Å². The van der Waals surface area contributed by atoms with Crippen LogP contribution in [0.3, 0.4) is 0 Å². The molecule has 2 aromatic rings. The molecule has 0 spiro atoms. The van der Waals surface area contributed by atoms with Crippen molar-refractivity contribution < 1.29 is 8.94 Å². The van der Waals surface area contributed by atoms with Crippen LogP contribution in [0, 0.1) is 0 Å². The maximum Gasteiger partial charge on any atom is 0.234 e. The van der Waals surface area contributed by atoms with Crippen molar-refractivity contribution in [1.29, 1.82) is 0 Å². The van der Waals surface area contributed by atoms with Gasteiger partial charge in [0.05, 0.1) is 17.2 Å². The summed E-state index contributed by atoms with van der Waals surface area (Å²) in [5.74, 6) is 1.31. The van der Waals surface area contributed by atoms with Gasteiger partial charge in [-0.1, -0.05) is 5.16 Å². The van der Waals surface area contributed by atoms with Gasteiger partial charge in [-0.25, -0.2) is 0 Å². The molecule has 17 heavy (non-hydrogen) atoms. The van der Waals surface area contributed by atoms with Gasteiger partial charge in [-0.15, -0.1) is 0 Å². The van der Waals surface area contributed by atoms with Crippen molar-refractivity contribution in [3.8, 4) is 11.4 Å². The zero-order chi connectivity index (χ0) is 11.7. The molecule has 0 amide bonds. The molecule has 1 aliphatic rings. The minimum atomic E-state index is -0.0484. The fraction of sp³-hybridized carbons (Fsp3) is 0.500. The smallest absolute Gasteiger partial charge is 0.234 e. The summed E-state index contributed by atoms with van der Waals surface area (Å²) in [4.78, 5) is 4.47. The molecule has 1 fully saturated rings. The van der Waals surface area contributed by atoms with Crippen LogP contribution < -0.4 is 5.32 Å². The molecule has 3 rings (SSSR count). The summed E-state index contributed by atoms with van der Waals surface area (Å²) in [6, 6.07) is 1.83. The van der Waals surface area contributed by atoms with Crippen LogP contribution in [-0.4, -0.2) is 23.2 Å². The molecule has 90 valence electrons. The van der Waals surface area contributed by atoms with E-state index in [4.69, 9.17) is 8.94 Å². The highest BCUT2D eigenvalue weighted by molar-refractivity contribution is 5.51. The predicted octanol–water partition coefficient (Wildman–Crippen LogP) is 1.97. The number of hydrogen-bond acceptors (Lipinski definition) is 5. The predicted molar refractivity (Wildman–Crippen MR) is 61.5 cm³/mol. The van der Waals surface area contributed by atoms with E-state index >= 15 is 0 Å². The molecule has 1 unspecified atom stereocenters. The lowest BCUT2D eigenvalue weighted by Crippen LogP contribution is -2.41. The third kappa shape index (κ3) is 1.86. The summed E-state index contributed by atoms with van der Waals surface area (Å²) >= 11 is 0. The van der Waals surface area contributed by atoms with Crippen LogP contribution in [0.15, 0.2) is 27.5 Å². The first-order valence-electron chi connectivity index (χ1n) is 5.85. The van der Waals surface area contributed by atoms with Gasteiger partial charge in [-0.2, -0.15) is 4.98 Å². The summed E-state index contributed by atoms with van der Waals surface area (Å²) in [5, 5.41) is 7.38. The third-order valence-electron chi connectivity index (χ3n) is 3.32. The number of nitrogens with one attached hydrogen (secondary N) is 1. The van der Waals surface area contributed by atoms with Gasteiger partial charge < -0.3 is 14.3 Å².